The summed E-state index contributed by atoms with van der Waals surface area (Å²) in [5.74, 6) is -2.11. The molecule has 0 fully saturated rings. The number of hydrogen-bond donors (Lipinski definition) is 0. The standard InChI is InChI=1S/C18H13F4N3O2/c19-13-3-1-2-11(8-13)9-15(26)7-6-14-5-4-12(10-23-14)16-24-17(27-25-16)18(20,21)22/h1-5,8,10H,6-7,9H2. The highest BCUT2D eigenvalue weighted by atomic mass is 19.4. The summed E-state index contributed by atoms with van der Waals surface area (Å²) in [4.78, 5) is 19.4. The molecule has 0 unspecified atom stereocenters. The van der Waals surface area contributed by atoms with Crippen molar-refractivity contribution in [1.82, 2.24) is 15.1 Å². The lowest BCUT2D eigenvalue weighted by molar-refractivity contribution is -0.159. The third kappa shape index (κ3) is 4.96. The number of nitrogens with zero attached hydrogens (tertiary/aromatic N) is 3. The first-order valence-electron chi connectivity index (χ1n) is 7.93. The van der Waals surface area contributed by atoms with Gasteiger partial charge in [0.2, 0.25) is 5.82 Å². The minimum atomic E-state index is -4.71. The van der Waals surface area contributed by atoms with Gasteiger partial charge in [-0.15, -0.1) is 0 Å². The van der Waals surface area contributed by atoms with Gasteiger partial charge in [-0.1, -0.05) is 17.3 Å². The lowest BCUT2D eigenvalue weighted by Crippen LogP contribution is -2.05. The number of carbonyl (C=O) groups is 1. The molecule has 2 aromatic heterocycles. The third-order valence-electron chi connectivity index (χ3n) is 3.70. The smallest absolute Gasteiger partial charge is 0.329 e. The van der Waals surface area contributed by atoms with Gasteiger partial charge in [0, 0.05) is 30.3 Å². The van der Waals surface area contributed by atoms with Crippen molar-refractivity contribution in [2.24, 2.45) is 0 Å². The zero-order valence-electron chi connectivity index (χ0n) is 13.8. The maximum absolute atomic E-state index is 13.1. The fourth-order valence-electron chi connectivity index (χ4n) is 2.39. The van der Waals surface area contributed by atoms with Gasteiger partial charge in [0.25, 0.3) is 0 Å². The molecule has 0 aliphatic heterocycles. The highest BCUT2D eigenvalue weighted by Gasteiger charge is 2.38. The van der Waals surface area contributed by atoms with Crippen LogP contribution >= 0.6 is 0 Å². The topological polar surface area (TPSA) is 68.9 Å². The Labute approximate surface area is 151 Å². The average molecular weight is 379 g/mol. The van der Waals surface area contributed by atoms with Gasteiger partial charge in [0.15, 0.2) is 0 Å². The van der Waals surface area contributed by atoms with E-state index in [2.05, 4.69) is 19.6 Å². The van der Waals surface area contributed by atoms with Crippen molar-refractivity contribution in [2.45, 2.75) is 25.4 Å². The van der Waals surface area contributed by atoms with Crippen LogP contribution < -0.4 is 0 Å². The molecule has 3 aromatic rings. The van der Waals surface area contributed by atoms with E-state index in [-0.39, 0.29) is 30.0 Å². The minimum absolute atomic E-state index is 0.0699. The van der Waals surface area contributed by atoms with Crippen LogP contribution in [0.25, 0.3) is 11.4 Å². The summed E-state index contributed by atoms with van der Waals surface area (Å²) in [7, 11) is 0. The van der Waals surface area contributed by atoms with Crippen LogP contribution in [0.1, 0.15) is 23.6 Å². The predicted molar refractivity (Wildman–Crippen MR) is 86.0 cm³/mol. The van der Waals surface area contributed by atoms with E-state index >= 15 is 0 Å². The van der Waals surface area contributed by atoms with Crippen molar-refractivity contribution in [2.75, 3.05) is 0 Å². The van der Waals surface area contributed by atoms with Gasteiger partial charge in [-0.2, -0.15) is 18.2 Å². The fourth-order valence-corrected chi connectivity index (χ4v) is 2.39. The Bertz CT molecular complexity index is 936. The Morgan fingerprint density at radius 2 is 1.96 bits per heavy atom. The van der Waals surface area contributed by atoms with Crippen LogP contribution in [0, 0.1) is 5.82 Å². The first-order chi connectivity index (χ1) is 12.8. The van der Waals surface area contributed by atoms with Crippen molar-refractivity contribution < 1.29 is 26.9 Å². The van der Waals surface area contributed by atoms with Crippen LogP contribution in [0.15, 0.2) is 47.1 Å². The van der Waals surface area contributed by atoms with Gasteiger partial charge >= 0.3 is 12.1 Å². The minimum Gasteiger partial charge on any atom is -0.329 e. The number of alkyl halides is 3. The largest absolute Gasteiger partial charge is 0.471 e. The lowest BCUT2D eigenvalue weighted by atomic mass is 10.0. The van der Waals surface area contributed by atoms with Gasteiger partial charge in [-0.05, 0) is 36.2 Å². The van der Waals surface area contributed by atoms with Crippen molar-refractivity contribution in [3.8, 4) is 11.4 Å². The highest BCUT2D eigenvalue weighted by Crippen LogP contribution is 2.29. The second-order valence-corrected chi connectivity index (χ2v) is 5.80. The summed E-state index contributed by atoms with van der Waals surface area (Å²) >= 11 is 0. The number of halogens is 4. The number of aromatic nitrogens is 3. The van der Waals surface area contributed by atoms with E-state index in [1.54, 1.807) is 18.2 Å². The van der Waals surface area contributed by atoms with Crippen molar-refractivity contribution in [3.05, 3.63) is 65.6 Å². The first kappa shape index (κ1) is 18.7. The number of benzene rings is 1. The van der Waals surface area contributed by atoms with Gasteiger partial charge in [-0.25, -0.2) is 4.39 Å². The molecule has 3 rings (SSSR count). The van der Waals surface area contributed by atoms with Crippen LogP contribution in [-0.2, 0) is 23.8 Å². The monoisotopic (exact) mass is 379 g/mol. The zero-order valence-corrected chi connectivity index (χ0v) is 13.8. The molecular weight excluding hydrogens is 366 g/mol. The number of pyridine rings is 1. The molecule has 0 saturated heterocycles. The molecule has 0 saturated carbocycles. The van der Waals surface area contributed by atoms with Crippen LogP contribution in [0.3, 0.4) is 0 Å². The number of ketones is 1. The Kier molecular flexibility index (Phi) is 5.29. The summed E-state index contributed by atoms with van der Waals surface area (Å²) in [5, 5.41) is 3.28. The van der Waals surface area contributed by atoms with E-state index in [0.29, 0.717) is 17.7 Å². The van der Waals surface area contributed by atoms with Gasteiger partial charge < -0.3 is 4.52 Å². The molecule has 27 heavy (non-hydrogen) atoms. The molecule has 0 aliphatic rings. The molecule has 0 atom stereocenters. The Morgan fingerprint density at radius 3 is 2.59 bits per heavy atom. The number of aryl methyl sites for hydroxylation is 1. The maximum atomic E-state index is 13.1. The quantitative estimate of drug-likeness (QED) is 0.605. The van der Waals surface area contributed by atoms with Gasteiger partial charge in [0.1, 0.15) is 11.6 Å². The second kappa shape index (κ2) is 7.65. The van der Waals surface area contributed by atoms with E-state index < -0.39 is 17.9 Å². The molecule has 0 N–H and O–H groups in total. The van der Waals surface area contributed by atoms with Gasteiger partial charge in [0.05, 0.1) is 0 Å². The summed E-state index contributed by atoms with van der Waals surface area (Å²) in [5.41, 5.74) is 1.45. The van der Waals surface area contributed by atoms with Gasteiger partial charge in [-0.3, -0.25) is 9.78 Å². The number of Topliss-reactive ketones (excluding diaryl/α,β-unsaturated/α-hetero) is 1. The summed E-state index contributed by atoms with van der Waals surface area (Å²) in [6.07, 6.45) is -2.70. The van der Waals surface area contributed by atoms with Crippen LogP contribution in [0.2, 0.25) is 0 Å². The van der Waals surface area contributed by atoms with Crippen LogP contribution in [0.4, 0.5) is 17.6 Å². The summed E-state index contributed by atoms with van der Waals surface area (Å²) < 4.78 is 54.7. The first-order valence-corrected chi connectivity index (χ1v) is 7.93. The molecule has 9 heteroatoms. The molecule has 0 radical (unpaired) electrons. The SMILES string of the molecule is O=C(CCc1ccc(-c2noc(C(F)(F)F)n2)cn1)Cc1cccc(F)c1. The van der Waals surface area contributed by atoms with E-state index in [9.17, 15) is 22.4 Å². The molecule has 0 amide bonds. The summed E-state index contributed by atoms with van der Waals surface area (Å²) in [6, 6.07) is 8.92. The Balaban J connectivity index is 1.57. The molecule has 140 valence electrons. The second-order valence-electron chi connectivity index (χ2n) is 5.80. The Morgan fingerprint density at radius 1 is 1.15 bits per heavy atom. The predicted octanol–water partition coefficient (Wildman–Crippen LogP) is 4.03. The number of carbonyl (C=O) groups excluding carboxylic acids is 1. The van der Waals surface area contributed by atoms with Crippen molar-refractivity contribution >= 4 is 5.78 Å². The van der Waals surface area contributed by atoms with E-state index in [1.165, 1.54) is 24.4 Å². The average Bonchev–Trinajstić information content (AvgIpc) is 3.11. The zero-order chi connectivity index (χ0) is 19.4. The number of hydrogen-bond acceptors (Lipinski definition) is 5. The van der Waals surface area contributed by atoms with Crippen molar-refractivity contribution in [1.29, 1.82) is 0 Å². The molecule has 1 aromatic carbocycles. The molecule has 0 aliphatic carbocycles. The number of rotatable bonds is 6. The summed E-state index contributed by atoms with van der Waals surface area (Å²) in [6.45, 7) is 0. The third-order valence-corrected chi connectivity index (χ3v) is 3.70. The molecule has 0 bridgehead atoms. The van der Waals surface area contributed by atoms with Crippen molar-refractivity contribution in [3.63, 3.8) is 0 Å². The highest BCUT2D eigenvalue weighted by molar-refractivity contribution is 5.81. The molecule has 2 heterocycles. The maximum Gasteiger partial charge on any atom is 0.471 e. The van der Waals surface area contributed by atoms with Crippen LogP contribution in [-0.4, -0.2) is 20.9 Å². The Hall–Kier alpha value is -3.10. The van der Waals surface area contributed by atoms with E-state index in [4.69, 9.17) is 0 Å². The van der Waals surface area contributed by atoms with Crippen LogP contribution in [0.5, 0.6) is 0 Å². The van der Waals surface area contributed by atoms with E-state index in [0.717, 1.165) is 0 Å². The molecular formula is C18H13F4N3O2. The molecule has 0 spiro atoms. The molecule has 5 nitrogen and oxygen atoms in total. The lowest BCUT2D eigenvalue weighted by Gasteiger charge is -2.03. The van der Waals surface area contributed by atoms with E-state index in [1.807, 2.05) is 0 Å². The normalized spacial score (nSPS) is 11.6. The fraction of sp³-hybridized carbons (Fsp3) is 0.222.